The average Bonchev–Trinajstić information content (AvgIpc) is 2.27. The molecule has 4 nitrogen and oxygen atoms in total. The van der Waals surface area contributed by atoms with Crippen molar-refractivity contribution >= 4 is 45.1 Å². The van der Waals surface area contributed by atoms with Gasteiger partial charge in [-0.15, -0.1) is 0 Å². The van der Waals surface area contributed by atoms with E-state index in [4.69, 9.17) is 33.7 Å². The predicted molar refractivity (Wildman–Crippen MR) is 70.7 cm³/mol. The van der Waals surface area contributed by atoms with Crippen molar-refractivity contribution in [3.05, 3.63) is 38.9 Å². The van der Waals surface area contributed by atoms with Gasteiger partial charge in [0.25, 0.3) is 0 Å². The summed E-state index contributed by atoms with van der Waals surface area (Å²) in [5.41, 5.74) is 5.44. The molecule has 0 bridgehead atoms. The number of aromatic nitrogens is 2. The zero-order valence-electron chi connectivity index (χ0n) is 8.32. The Morgan fingerprint density at radius 2 is 2.00 bits per heavy atom. The standard InChI is InChI=1S/C10H6BrCl2N3O/c11-5-1-2-8(6(12)3-5)17-9-7(13)4-15-10(14)16-9/h1-4H,(H2,14,15,16). The summed E-state index contributed by atoms with van der Waals surface area (Å²) in [4.78, 5) is 7.61. The molecule has 0 atom stereocenters. The number of nitrogens with zero attached hydrogens (tertiary/aromatic N) is 2. The molecule has 0 fully saturated rings. The van der Waals surface area contributed by atoms with Gasteiger partial charge in [-0.2, -0.15) is 4.98 Å². The lowest BCUT2D eigenvalue weighted by atomic mass is 10.3. The molecule has 0 spiro atoms. The van der Waals surface area contributed by atoms with Crippen molar-refractivity contribution in [1.82, 2.24) is 9.97 Å². The second-order valence-corrected chi connectivity index (χ2v) is 4.79. The minimum absolute atomic E-state index is 0.0811. The van der Waals surface area contributed by atoms with E-state index in [1.807, 2.05) is 0 Å². The van der Waals surface area contributed by atoms with E-state index in [2.05, 4.69) is 25.9 Å². The molecule has 88 valence electrons. The molecule has 0 unspecified atom stereocenters. The first-order valence-corrected chi connectivity index (χ1v) is 6.02. The Kier molecular flexibility index (Phi) is 3.71. The van der Waals surface area contributed by atoms with E-state index in [0.717, 1.165) is 4.47 Å². The Labute approximate surface area is 116 Å². The normalized spacial score (nSPS) is 10.3. The van der Waals surface area contributed by atoms with Crippen LogP contribution in [0.4, 0.5) is 5.95 Å². The van der Waals surface area contributed by atoms with Crippen molar-refractivity contribution in [2.75, 3.05) is 5.73 Å². The molecule has 2 N–H and O–H groups in total. The molecule has 2 rings (SSSR count). The zero-order valence-corrected chi connectivity index (χ0v) is 11.4. The molecule has 2 aromatic rings. The van der Waals surface area contributed by atoms with Gasteiger partial charge >= 0.3 is 0 Å². The molecule has 0 aliphatic rings. The first kappa shape index (κ1) is 12.4. The maximum Gasteiger partial charge on any atom is 0.243 e. The monoisotopic (exact) mass is 333 g/mol. The summed E-state index contributed by atoms with van der Waals surface area (Å²) < 4.78 is 6.31. The zero-order chi connectivity index (χ0) is 12.4. The largest absolute Gasteiger partial charge is 0.436 e. The van der Waals surface area contributed by atoms with Gasteiger partial charge in [0.15, 0.2) is 0 Å². The van der Waals surface area contributed by atoms with E-state index in [-0.39, 0.29) is 16.9 Å². The van der Waals surface area contributed by atoms with Gasteiger partial charge in [0.05, 0.1) is 11.2 Å². The fourth-order valence-corrected chi connectivity index (χ4v) is 1.94. The van der Waals surface area contributed by atoms with E-state index in [1.54, 1.807) is 18.2 Å². The summed E-state index contributed by atoms with van der Waals surface area (Å²) >= 11 is 15.2. The van der Waals surface area contributed by atoms with Crippen LogP contribution in [0.3, 0.4) is 0 Å². The van der Waals surface area contributed by atoms with E-state index in [1.165, 1.54) is 6.20 Å². The third-order valence-corrected chi connectivity index (χ3v) is 2.88. The van der Waals surface area contributed by atoms with E-state index >= 15 is 0 Å². The van der Waals surface area contributed by atoms with E-state index in [9.17, 15) is 0 Å². The molecule has 0 aliphatic heterocycles. The van der Waals surface area contributed by atoms with Crippen LogP contribution in [0.5, 0.6) is 11.6 Å². The average molecular weight is 335 g/mol. The number of benzene rings is 1. The number of nitrogen functional groups attached to an aromatic ring is 1. The van der Waals surface area contributed by atoms with Crippen LogP contribution in [0.2, 0.25) is 10.0 Å². The van der Waals surface area contributed by atoms with Gasteiger partial charge in [0.1, 0.15) is 10.8 Å². The van der Waals surface area contributed by atoms with Crippen molar-refractivity contribution in [3.8, 4) is 11.6 Å². The van der Waals surface area contributed by atoms with Crippen LogP contribution in [-0.4, -0.2) is 9.97 Å². The Hall–Kier alpha value is -1.04. The van der Waals surface area contributed by atoms with Crippen molar-refractivity contribution in [1.29, 1.82) is 0 Å². The molecular weight excluding hydrogens is 329 g/mol. The number of nitrogens with two attached hydrogens (primary N) is 1. The van der Waals surface area contributed by atoms with Crippen molar-refractivity contribution in [3.63, 3.8) is 0 Å². The Balaban J connectivity index is 2.34. The molecule has 7 heteroatoms. The van der Waals surface area contributed by atoms with Gasteiger partial charge in [-0.3, -0.25) is 0 Å². The molecule has 0 amide bonds. The highest BCUT2D eigenvalue weighted by atomic mass is 79.9. The maximum absolute atomic E-state index is 6.00. The molecule has 0 saturated carbocycles. The summed E-state index contributed by atoms with van der Waals surface area (Å²) in [5.74, 6) is 0.691. The van der Waals surface area contributed by atoms with Gasteiger partial charge in [-0.1, -0.05) is 39.1 Å². The Morgan fingerprint density at radius 1 is 1.24 bits per heavy atom. The molecule has 1 heterocycles. The molecular formula is C10H6BrCl2N3O. The van der Waals surface area contributed by atoms with E-state index < -0.39 is 0 Å². The number of hydrogen-bond acceptors (Lipinski definition) is 4. The molecule has 0 saturated heterocycles. The Bertz CT molecular complexity index is 565. The molecule has 17 heavy (non-hydrogen) atoms. The maximum atomic E-state index is 6.00. The highest BCUT2D eigenvalue weighted by Crippen LogP contribution is 2.33. The topological polar surface area (TPSA) is 61.0 Å². The van der Waals surface area contributed by atoms with Gasteiger partial charge in [0, 0.05) is 4.47 Å². The number of anilines is 1. The Morgan fingerprint density at radius 3 is 2.71 bits per heavy atom. The first-order valence-electron chi connectivity index (χ1n) is 4.47. The third kappa shape index (κ3) is 3.00. The highest BCUT2D eigenvalue weighted by molar-refractivity contribution is 9.10. The van der Waals surface area contributed by atoms with Gasteiger partial charge in [-0.25, -0.2) is 4.98 Å². The molecule has 0 radical (unpaired) electrons. The lowest BCUT2D eigenvalue weighted by Gasteiger charge is -2.08. The number of rotatable bonds is 2. The third-order valence-electron chi connectivity index (χ3n) is 1.83. The SMILES string of the molecule is Nc1ncc(Cl)c(Oc2ccc(Br)cc2Cl)n1. The summed E-state index contributed by atoms with van der Waals surface area (Å²) in [6.45, 7) is 0. The molecule has 0 aliphatic carbocycles. The summed E-state index contributed by atoms with van der Waals surface area (Å²) in [6, 6.07) is 5.19. The highest BCUT2D eigenvalue weighted by Gasteiger charge is 2.09. The number of halogens is 3. The van der Waals surface area contributed by atoms with E-state index in [0.29, 0.717) is 10.8 Å². The fraction of sp³-hybridized carbons (Fsp3) is 0. The molecule has 1 aromatic carbocycles. The minimum Gasteiger partial charge on any atom is -0.436 e. The summed E-state index contributed by atoms with van der Waals surface area (Å²) in [6.07, 6.45) is 1.37. The lowest BCUT2D eigenvalue weighted by molar-refractivity contribution is 0.463. The predicted octanol–water partition coefficient (Wildman–Crippen LogP) is 3.92. The van der Waals surface area contributed by atoms with Crippen LogP contribution in [0.15, 0.2) is 28.9 Å². The summed E-state index contributed by atoms with van der Waals surface area (Å²) in [5, 5.41) is 0.700. The van der Waals surface area contributed by atoms with Gasteiger partial charge in [-0.05, 0) is 18.2 Å². The lowest BCUT2D eigenvalue weighted by Crippen LogP contribution is -1.97. The van der Waals surface area contributed by atoms with Crippen LogP contribution < -0.4 is 10.5 Å². The van der Waals surface area contributed by atoms with Crippen molar-refractivity contribution in [2.24, 2.45) is 0 Å². The second-order valence-electron chi connectivity index (χ2n) is 3.06. The fourth-order valence-electron chi connectivity index (χ4n) is 1.10. The second kappa shape index (κ2) is 5.08. The minimum atomic E-state index is 0.0811. The summed E-state index contributed by atoms with van der Waals surface area (Å²) in [7, 11) is 0. The van der Waals surface area contributed by atoms with Gasteiger partial charge < -0.3 is 10.5 Å². The smallest absolute Gasteiger partial charge is 0.243 e. The van der Waals surface area contributed by atoms with Crippen LogP contribution in [0.1, 0.15) is 0 Å². The van der Waals surface area contributed by atoms with Crippen LogP contribution in [-0.2, 0) is 0 Å². The van der Waals surface area contributed by atoms with Crippen LogP contribution in [0, 0.1) is 0 Å². The number of hydrogen-bond donors (Lipinski definition) is 1. The number of ether oxygens (including phenoxy) is 1. The van der Waals surface area contributed by atoms with Gasteiger partial charge in [0.2, 0.25) is 11.8 Å². The molecule has 1 aromatic heterocycles. The first-order chi connectivity index (χ1) is 8.06. The van der Waals surface area contributed by atoms with Crippen LogP contribution in [0.25, 0.3) is 0 Å². The van der Waals surface area contributed by atoms with Crippen LogP contribution >= 0.6 is 39.1 Å². The van der Waals surface area contributed by atoms with Crippen molar-refractivity contribution < 1.29 is 4.74 Å². The van der Waals surface area contributed by atoms with Crippen molar-refractivity contribution in [2.45, 2.75) is 0 Å². The quantitative estimate of drug-likeness (QED) is 0.904.